The van der Waals surface area contributed by atoms with Crippen molar-refractivity contribution in [1.82, 2.24) is 23.8 Å². The van der Waals surface area contributed by atoms with Crippen LogP contribution in [0.15, 0.2) is 46.5 Å². The Morgan fingerprint density at radius 2 is 1.93 bits per heavy atom. The van der Waals surface area contributed by atoms with E-state index >= 15 is 0 Å². The average molecular weight is 446 g/mol. The minimum absolute atomic E-state index is 0.242. The molecule has 0 atom stereocenters. The second-order valence-electron chi connectivity index (χ2n) is 6.92. The number of aromatic nitrogens is 4. The van der Waals surface area contributed by atoms with Gasteiger partial charge in [-0.25, -0.2) is 22.7 Å². The molecule has 0 saturated heterocycles. The number of rotatable bonds is 7. The van der Waals surface area contributed by atoms with Crippen molar-refractivity contribution in [3.8, 4) is 5.75 Å². The van der Waals surface area contributed by atoms with E-state index in [4.69, 9.17) is 9.72 Å². The molecule has 4 aromatic rings. The molecule has 0 radical (unpaired) electrons. The molecule has 4 rings (SSSR count). The van der Waals surface area contributed by atoms with Gasteiger partial charge in [-0.2, -0.15) is 0 Å². The maximum atomic E-state index is 12.4. The van der Waals surface area contributed by atoms with Crippen molar-refractivity contribution in [2.45, 2.75) is 29.3 Å². The van der Waals surface area contributed by atoms with Gasteiger partial charge in [-0.05, 0) is 37.3 Å². The van der Waals surface area contributed by atoms with E-state index in [9.17, 15) is 8.42 Å². The third-order valence-corrected chi connectivity index (χ3v) is 7.58. The summed E-state index contributed by atoms with van der Waals surface area (Å²) in [4.78, 5) is 12.9. The van der Waals surface area contributed by atoms with Crippen molar-refractivity contribution in [2.75, 3.05) is 21.2 Å². The van der Waals surface area contributed by atoms with Gasteiger partial charge in [0, 0.05) is 26.7 Å². The van der Waals surface area contributed by atoms with Gasteiger partial charge in [-0.1, -0.05) is 11.8 Å². The van der Waals surface area contributed by atoms with Crippen LogP contribution in [0, 0.1) is 0 Å². The molecule has 10 heteroatoms. The number of ether oxygens (including phenoxy) is 1. The summed E-state index contributed by atoms with van der Waals surface area (Å²) in [6, 6.07) is 10.8. The molecule has 158 valence electrons. The molecule has 30 heavy (non-hydrogen) atoms. The molecular formula is C20H23N5O3S2. The lowest BCUT2D eigenvalue weighted by Crippen LogP contribution is -2.22. The number of aromatic amines is 1. The molecule has 0 fully saturated rings. The summed E-state index contributed by atoms with van der Waals surface area (Å²) in [6.07, 6.45) is 0. The van der Waals surface area contributed by atoms with Gasteiger partial charge in [0.15, 0.2) is 5.16 Å². The molecule has 0 unspecified atom stereocenters. The van der Waals surface area contributed by atoms with Gasteiger partial charge in [-0.3, -0.25) is 0 Å². The van der Waals surface area contributed by atoms with Gasteiger partial charge in [-0.15, -0.1) is 0 Å². The summed E-state index contributed by atoms with van der Waals surface area (Å²) >= 11 is 1.55. The van der Waals surface area contributed by atoms with E-state index in [1.165, 1.54) is 18.4 Å². The number of thioether (sulfide) groups is 1. The van der Waals surface area contributed by atoms with E-state index in [1.54, 1.807) is 31.0 Å². The second-order valence-corrected chi connectivity index (χ2v) is 10.0. The number of benzene rings is 2. The van der Waals surface area contributed by atoms with E-state index in [1.807, 2.05) is 31.2 Å². The van der Waals surface area contributed by atoms with Crippen LogP contribution < -0.4 is 4.74 Å². The molecule has 0 bridgehead atoms. The van der Waals surface area contributed by atoms with Crippen LogP contribution in [0.2, 0.25) is 0 Å². The van der Waals surface area contributed by atoms with Crippen molar-refractivity contribution >= 4 is 43.9 Å². The molecule has 0 saturated carbocycles. The minimum atomic E-state index is -3.50. The summed E-state index contributed by atoms with van der Waals surface area (Å²) in [5, 5.41) is 0.795. The molecule has 0 aliphatic rings. The number of imidazole rings is 2. The Morgan fingerprint density at radius 3 is 2.63 bits per heavy atom. The van der Waals surface area contributed by atoms with Crippen molar-refractivity contribution < 1.29 is 13.2 Å². The highest BCUT2D eigenvalue weighted by molar-refractivity contribution is 7.98. The fourth-order valence-electron chi connectivity index (χ4n) is 3.29. The molecule has 2 heterocycles. The maximum absolute atomic E-state index is 12.4. The smallest absolute Gasteiger partial charge is 0.242 e. The highest BCUT2D eigenvalue weighted by Crippen LogP contribution is 2.28. The summed E-state index contributed by atoms with van der Waals surface area (Å²) in [6.45, 7) is 2.79. The first-order valence-corrected chi connectivity index (χ1v) is 11.8. The van der Waals surface area contributed by atoms with Crippen LogP contribution in [0.5, 0.6) is 5.75 Å². The second kappa shape index (κ2) is 7.93. The van der Waals surface area contributed by atoms with Crippen LogP contribution in [-0.4, -0.2) is 53.4 Å². The number of nitrogens with one attached hydrogen (secondary N) is 1. The van der Waals surface area contributed by atoms with Crippen molar-refractivity contribution in [2.24, 2.45) is 0 Å². The highest BCUT2D eigenvalue weighted by atomic mass is 32.2. The number of nitrogens with zero attached hydrogens (tertiary/aromatic N) is 4. The van der Waals surface area contributed by atoms with Crippen LogP contribution in [0.1, 0.15) is 12.7 Å². The monoisotopic (exact) mass is 445 g/mol. The number of fused-ring (bicyclic) bond motifs is 2. The number of hydrogen-bond acceptors (Lipinski definition) is 6. The number of hydrogen-bond donors (Lipinski definition) is 1. The summed E-state index contributed by atoms with van der Waals surface area (Å²) < 4.78 is 33.5. The fourth-order valence-corrected chi connectivity index (χ4v) is 5.04. The van der Waals surface area contributed by atoms with Crippen LogP contribution in [-0.2, 0) is 22.3 Å². The minimum Gasteiger partial charge on any atom is -0.497 e. The number of methoxy groups -OCH3 is 1. The predicted molar refractivity (Wildman–Crippen MR) is 118 cm³/mol. The van der Waals surface area contributed by atoms with Gasteiger partial charge in [0.05, 0.1) is 39.8 Å². The van der Waals surface area contributed by atoms with Crippen LogP contribution in [0.25, 0.3) is 22.1 Å². The van der Waals surface area contributed by atoms with Crippen molar-refractivity contribution in [1.29, 1.82) is 0 Å². The summed E-state index contributed by atoms with van der Waals surface area (Å²) in [5.74, 6) is 2.25. The van der Waals surface area contributed by atoms with Gasteiger partial charge in [0.1, 0.15) is 11.6 Å². The topological polar surface area (TPSA) is 93.1 Å². The van der Waals surface area contributed by atoms with Gasteiger partial charge in [0.2, 0.25) is 10.0 Å². The number of H-pyrrole nitrogens is 1. The predicted octanol–water partition coefficient (Wildman–Crippen LogP) is 3.48. The standard InChI is InChI=1S/C20H23N5O3S2/c1-5-25-18-9-7-14(30(26,27)24(2)3)11-17(18)21-19(25)12-29-20-22-15-8-6-13(28-4)10-16(15)23-20/h6-11H,5,12H2,1-4H3,(H,22,23). The average Bonchev–Trinajstić information content (AvgIpc) is 3.30. The highest BCUT2D eigenvalue weighted by Gasteiger charge is 2.19. The lowest BCUT2D eigenvalue weighted by Gasteiger charge is -2.11. The summed E-state index contributed by atoms with van der Waals surface area (Å²) in [5.41, 5.74) is 3.38. The molecule has 0 amide bonds. The fraction of sp³-hybridized carbons (Fsp3) is 0.300. The summed E-state index contributed by atoms with van der Waals surface area (Å²) in [7, 11) is 1.18. The van der Waals surface area contributed by atoms with E-state index in [0.29, 0.717) is 11.3 Å². The number of aryl methyl sites for hydroxylation is 1. The van der Waals surface area contributed by atoms with Gasteiger partial charge in [0.25, 0.3) is 0 Å². The Morgan fingerprint density at radius 1 is 1.13 bits per heavy atom. The Balaban J connectivity index is 1.63. The molecule has 2 aromatic carbocycles. The molecule has 0 spiro atoms. The first-order chi connectivity index (χ1) is 14.3. The van der Waals surface area contributed by atoms with Gasteiger partial charge < -0.3 is 14.3 Å². The normalized spacial score (nSPS) is 12.3. The maximum Gasteiger partial charge on any atom is 0.242 e. The zero-order valence-electron chi connectivity index (χ0n) is 17.2. The van der Waals surface area contributed by atoms with E-state index in [0.717, 1.165) is 39.8 Å². The van der Waals surface area contributed by atoms with Gasteiger partial charge >= 0.3 is 0 Å². The first kappa shape index (κ1) is 20.7. The molecule has 0 aliphatic heterocycles. The third-order valence-electron chi connectivity index (χ3n) is 4.90. The molecule has 8 nitrogen and oxygen atoms in total. The molecular weight excluding hydrogens is 422 g/mol. The van der Waals surface area contributed by atoms with E-state index < -0.39 is 10.0 Å². The third kappa shape index (κ3) is 3.66. The largest absolute Gasteiger partial charge is 0.497 e. The first-order valence-electron chi connectivity index (χ1n) is 9.41. The zero-order chi connectivity index (χ0) is 21.5. The molecule has 0 aliphatic carbocycles. The van der Waals surface area contributed by atoms with Crippen molar-refractivity contribution in [3.05, 3.63) is 42.2 Å². The van der Waals surface area contributed by atoms with Crippen LogP contribution in [0.4, 0.5) is 0 Å². The molecule has 1 N–H and O–H groups in total. The van der Waals surface area contributed by atoms with Crippen molar-refractivity contribution in [3.63, 3.8) is 0 Å². The van der Waals surface area contributed by atoms with E-state index in [-0.39, 0.29) is 4.90 Å². The molecule has 2 aromatic heterocycles. The lowest BCUT2D eigenvalue weighted by molar-refractivity contribution is 0.415. The Hall–Kier alpha value is -2.56. The zero-order valence-corrected chi connectivity index (χ0v) is 18.8. The lowest BCUT2D eigenvalue weighted by atomic mass is 10.3. The van der Waals surface area contributed by atoms with E-state index in [2.05, 4.69) is 14.5 Å². The Bertz CT molecular complexity index is 1330. The number of sulfonamides is 1. The Labute approximate surface area is 179 Å². The quantitative estimate of drug-likeness (QED) is 0.438. The SMILES string of the molecule is CCn1c(CSc2nc3ccc(OC)cc3[nH]2)nc2cc(S(=O)(=O)N(C)C)ccc21. The van der Waals surface area contributed by atoms with Crippen LogP contribution in [0.3, 0.4) is 0 Å². The Kier molecular flexibility index (Phi) is 5.48. The van der Waals surface area contributed by atoms with Crippen LogP contribution >= 0.6 is 11.8 Å².